The lowest BCUT2D eigenvalue weighted by molar-refractivity contribution is 0.285. The van der Waals surface area contributed by atoms with Crippen molar-refractivity contribution in [3.05, 3.63) is 59.5 Å². The summed E-state index contributed by atoms with van der Waals surface area (Å²) in [5.74, 6) is 2.27. The second-order valence-corrected chi connectivity index (χ2v) is 7.74. The molecule has 2 aromatic heterocycles. The number of aryl methyl sites for hydroxylation is 2. The Balaban J connectivity index is 1.47. The summed E-state index contributed by atoms with van der Waals surface area (Å²) in [4.78, 5) is 14.1. The molecule has 1 saturated heterocycles. The van der Waals surface area contributed by atoms with Crippen LogP contribution >= 0.6 is 0 Å². The lowest BCUT2D eigenvalue weighted by Crippen LogP contribution is -2.31. The zero-order valence-corrected chi connectivity index (χ0v) is 17.3. The molecule has 0 radical (unpaired) electrons. The van der Waals surface area contributed by atoms with Crippen LogP contribution in [0.25, 0.3) is 11.5 Å². The molecule has 3 aromatic rings. The topological polar surface area (TPSA) is 58.3 Å². The molecule has 29 heavy (non-hydrogen) atoms. The molecule has 1 aliphatic heterocycles. The van der Waals surface area contributed by atoms with Crippen molar-refractivity contribution in [2.75, 3.05) is 31.1 Å². The maximum atomic E-state index is 5.54. The minimum atomic E-state index is 0.567. The van der Waals surface area contributed by atoms with Crippen LogP contribution in [0.4, 0.5) is 5.82 Å². The molecule has 0 atom stereocenters. The highest BCUT2D eigenvalue weighted by Gasteiger charge is 2.21. The summed E-state index contributed by atoms with van der Waals surface area (Å²) in [6, 6.07) is 12.8. The van der Waals surface area contributed by atoms with Gasteiger partial charge in [0.2, 0.25) is 0 Å². The molecule has 0 aliphatic carbocycles. The molecule has 4 rings (SSSR count). The van der Waals surface area contributed by atoms with Gasteiger partial charge in [0, 0.05) is 45.3 Å². The smallest absolute Gasteiger partial charge is 0.261 e. The average Bonchev–Trinajstić information content (AvgIpc) is 3.08. The Bertz CT molecular complexity index is 921. The Morgan fingerprint density at radius 2 is 1.90 bits per heavy atom. The van der Waals surface area contributed by atoms with E-state index in [9.17, 15) is 0 Å². The lowest BCUT2D eigenvalue weighted by atomic mass is 10.1. The van der Waals surface area contributed by atoms with Gasteiger partial charge >= 0.3 is 0 Å². The van der Waals surface area contributed by atoms with Gasteiger partial charge in [-0.1, -0.05) is 41.9 Å². The molecule has 1 aromatic carbocycles. The predicted octanol–water partition coefficient (Wildman–Crippen LogP) is 4.10. The third kappa shape index (κ3) is 4.82. The van der Waals surface area contributed by atoms with E-state index in [1.807, 2.05) is 18.3 Å². The van der Waals surface area contributed by atoms with Crippen molar-refractivity contribution in [1.82, 2.24) is 20.0 Å². The molecule has 6 nitrogen and oxygen atoms in total. The maximum absolute atomic E-state index is 5.54. The van der Waals surface area contributed by atoms with Crippen LogP contribution in [0.2, 0.25) is 0 Å². The van der Waals surface area contributed by atoms with Crippen LogP contribution in [0.3, 0.4) is 0 Å². The van der Waals surface area contributed by atoms with E-state index in [0.717, 1.165) is 69.2 Å². The Morgan fingerprint density at radius 3 is 2.72 bits per heavy atom. The van der Waals surface area contributed by atoms with E-state index in [-0.39, 0.29) is 0 Å². The fraction of sp³-hybridized carbons (Fsp3) is 0.435. The number of benzene rings is 1. The summed E-state index contributed by atoms with van der Waals surface area (Å²) in [5.41, 5.74) is 3.60. The Kier molecular flexibility index (Phi) is 6.20. The van der Waals surface area contributed by atoms with Gasteiger partial charge in [0.05, 0.1) is 5.56 Å². The molecule has 6 heteroatoms. The largest absolute Gasteiger partial charge is 0.355 e. The number of anilines is 1. The predicted molar refractivity (Wildman–Crippen MR) is 115 cm³/mol. The molecule has 0 unspecified atom stereocenters. The van der Waals surface area contributed by atoms with Crippen LogP contribution in [0, 0.1) is 6.92 Å². The van der Waals surface area contributed by atoms with Crippen LogP contribution in [0.15, 0.2) is 47.1 Å². The van der Waals surface area contributed by atoms with E-state index in [1.54, 1.807) is 0 Å². The van der Waals surface area contributed by atoms with Crippen molar-refractivity contribution < 1.29 is 4.52 Å². The number of hydrogen-bond acceptors (Lipinski definition) is 6. The van der Waals surface area contributed by atoms with E-state index >= 15 is 0 Å². The van der Waals surface area contributed by atoms with E-state index in [0.29, 0.717) is 5.89 Å². The molecule has 0 bridgehead atoms. The van der Waals surface area contributed by atoms with Crippen LogP contribution in [-0.2, 0) is 13.0 Å². The first-order valence-corrected chi connectivity index (χ1v) is 10.5. The summed E-state index contributed by atoms with van der Waals surface area (Å²) in [5, 5.41) is 4.11. The normalized spacial score (nSPS) is 15.4. The van der Waals surface area contributed by atoms with E-state index in [4.69, 9.17) is 4.52 Å². The van der Waals surface area contributed by atoms with Gasteiger partial charge in [-0.05, 0) is 37.5 Å². The molecule has 152 valence electrons. The number of hydrogen-bond donors (Lipinski definition) is 0. The highest BCUT2D eigenvalue weighted by molar-refractivity contribution is 5.69. The van der Waals surface area contributed by atoms with Gasteiger partial charge in [-0.3, -0.25) is 4.90 Å². The Labute approximate surface area is 172 Å². The minimum Gasteiger partial charge on any atom is -0.355 e. The third-order valence-electron chi connectivity index (χ3n) is 5.37. The van der Waals surface area contributed by atoms with Gasteiger partial charge in [0.25, 0.3) is 5.89 Å². The fourth-order valence-corrected chi connectivity index (χ4v) is 3.80. The van der Waals surface area contributed by atoms with Crippen LogP contribution in [-0.4, -0.2) is 46.2 Å². The van der Waals surface area contributed by atoms with Gasteiger partial charge in [-0.2, -0.15) is 4.98 Å². The second kappa shape index (κ2) is 9.18. The van der Waals surface area contributed by atoms with Gasteiger partial charge in [0.15, 0.2) is 5.82 Å². The van der Waals surface area contributed by atoms with E-state index in [1.165, 1.54) is 11.1 Å². The fourth-order valence-electron chi connectivity index (χ4n) is 3.80. The molecule has 1 fully saturated rings. The van der Waals surface area contributed by atoms with Gasteiger partial charge in [0.1, 0.15) is 5.82 Å². The maximum Gasteiger partial charge on any atom is 0.261 e. The van der Waals surface area contributed by atoms with Crippen LogP contribution in [0.1, 0.15) is 36.7 Å². The first-order valence-electron chi connectivity index (χ1n) is 10.5. The molecular weight excluding hydrogens is 362 g/mol. The molecular formula is C23H29N5O. The van der Waals surface area contributed by atoms with Gasteiger partial charge in [-0.25, -0.2) is 4.98 Å². The molecule has 1 aliphatic rings. The number of nitrogens with zero attached hydrogens (tertiary/aromatic N) is 5. The zero-order chi connectivity index (χ0) is 20.1. The summed E-state index contributed by atoms with van der Waals surface area (Å²) in [6.07, 6.45) is 4.78. The van der Waals surface area contributed by atoms with Crippen LogP contribution in [0.5, 0.6) is 0 Å². The van der Waals surface area contributed by atoms with Gasteiger partial charge < -0.3 is 9.42 Å². The van der Waals surface area contributed by atoms with Crippen molar-refractivity contribution in [3.63, 3.8) is 0 Å². The van der Waals surface area contributed by atoms with Crippen molar-refractivity contribution in [3.8, 4) is 11.5 Å². The van der Waals surface area contributed by atoms with Crippen molar-refractivity contribution >= 4 is 5.82 Å². The zero-order valence-electron chi connectivity index (χ0n) is 17.3. The van der Waals surface area contributed by atoms with E-state index < -0.39 is 0 Å². The first kappa shape index (κ1) is 19.6. The van der Waals surface area contributed by atoms with Crippen molar-refractivity contribution in [2.45, 2.75) is 39.7 Å². The first-order chi connectivity index (χ1) is 14.2. The molecule has 0 spiro atoms. The molecule has 0 N–H and O–H groups in total. The van der Waals surface area contributed by atoms with Crippen molar-refractivity contribution in [1.29, 1.82) is 0 Å². The lowest BCUT2D eigenvalue weighted by Gasteiger charge is -2.24. The summed E-state index contributed by atoms with van der Waals surface area (Å²) in [7, 11) is 0. The monoisotopic (exact) mass is 391 g/mol. The number of rotatable bonds is 6. The van der Waals surface area contributed by atoms with Gasteiger partial charge in [-0.15, -0.1) is 0 Å². The number of pyridine rings is 1. The summed E-state index contributed by atoms with van der Waals surface area (Å²) >= 11 is 0. The summed E-state index contributed by atoms with van der Waals surface area (Å²) < 4.78 is 5.54. The number of aromatic nitrogens is 3. The minimum absolute atomic E-state index is 0.567. The standard InChI is InChI=1S/C23H29N5O/c1-3-6-21-25-23(29-26-21)20-7-4-12-24-22(20)28-14-5-13-27(15-16-28)17-19-10-8-18(2)9-11-19/h4,7-12H,3,5-6,13-17H2,1-2H3. The van der Waals surface area contributed by atoms with Crippen LogP contribution < -0.4 is 4.90 Å². The average molecular weight is 392 g/mol. The van der Waals surface area contributed by atoms with E-state index in [2.05, 4.69) is 63.0 Å². The highest BCUT2D eigenvalue weighted by Crippen LogP contribution is 2.28. The Hall–Kier alpha value is -2.73. The highest BCUT2D eigenvalue weighted by atomic mass is 16.5. The quantitative estimate of drug-likeness (QED) is 0.630. The van der Waals surface area contributed by atoms with Crippen molar-refractivity contribution in [2.24, 2.45) is 0 Å². The summed E-state index contributed by atoms with van der Waals surface area (Å²) in [6.45, 7) is 9.25. The molecule has 0 amide bonds. The second-order valence-electron chi connectivity index (χ2n) is 7.74. The molecule has 0 saturated carbocycles. The SMILES string of the molecule is CCCc1noc(-c2cccnc2N2CCCN(Cc3ccc(C)cc3)CC2)n1. The Morgan fingerprint density at radius 1 is 1.03 bits per heavy atom. The third-order valence-corrected chi connectivity index (χ3v) is 5.37. The molecule has 3 heterocycles.